The first kappa shape index (κ1) is 18.7. The zero-order valence-electron chi connectivity index (χ0n) is 15.2. The Bertz CT molecular complexity index is 918. The number of carbonyl (C=O) groups excluding carboxylic acids is 1. The number of sulfonamides is 1. The minimum absolute atomic E-state index is 0.0768. The van der Waals surface area contributed by atoms with Crippen LogP contribution in [0, 0.1) is 0 Å². The van der Waals surface area contributed by atoms with Gasteiger partial charge in [-0.1, -0.05) is 31.2 Å². The van der Waals surface area contributed by atoms with E-state index in [-0.39, 0.29) is 16.6 Å². The molecule has 0 unspecified atom stereocenters. The average Bonchev–Trinajstić information content (AvgIpc) is 3.02. The van der Waals surface area contributed by atoms with Crippen molar-refractivity contribution in [3.63, 3.8) is 0 Å². The summed E-state index contributed by atoms with van der Waals surface area (Å²) in [5.74, 6) is -0.636. The summed E-state index contributed by atoms with van der Waals surface area (Å²) in [5.41, 5.74) is 8.04. The minimum Gasteiger partial charge on any atom is -0.364 e. The third kappa shape index (κ3) is 3.41. The molecular formula is C19H25N3O3S. The van der Waals surface area contributed by atoms with Gasteiger partial charge in [-0.25, -0.2) is 8.42 Å². The Balaban J connectivity index is 1.94. The van der Waals surface area contributed by atoms with Crippen molar-refractivity contribution in [1.29, 1.82) is 0 Å². The molecule has 0 bridgehead atoms. The lowest BCUT2D eigenvalue weighted by molar-refractivity contribution is 0.0992. The van der Waals surface area contributed by atoms with Crippen molar-refractivity contribution in [2.75, 3.05) is 6.54 Å². The van der Waals surface area contributed by atoms with Crippen molar-refractivity contribution >= 4 is 15.9 Å². The Morgan fingerprint density at radius 1 is 1.31 bits per heavy atom. The molecule has 7 heteroatoms. The highest BCUT2D eigenvalue weighted by Gasteiger charge is 2.34. The molecule has 0 radical (unpaired) electrons. The highest BCUT2D eigenvalue weighted by molar-refractivity contribution is 7.89. The molecule has 3 rings (SSSR count). The Morgan fingerprint density at radius 3 is 2.62 bits per heavy atom. The molecule has 1 heterocycles. The van der Waals surface area contributed by atoms with Crippen LogP contribution in [0.2, 0.25) is 0 Å². The van der Waals surface area contributed by atoms with Crippen LogP contribution in [0.3, 0.4) is 0 Å². The number of benzene rings is 1. The second-order valence-corrected chi connectivity index (χ2v) is 8.71. The molecule has 6 nitrogen and oxygen atoms in total. The first-order valence-electron chi connectivity index (χ1n) is 8.89. The molecule has 140 valence electrons. The minimum atomic E-state index is -3.70. The van der Waals surface area contributed by atoms with Crippen LogP contribution >= 0.6 is 0 Å². The summed E-state index contributed by atoms with van der Waals surface area (Å²) < 4.78 is 29.6. The lowest BCUT2D eigenvalue weighted by Gasteiger charge is -2.34. The molecule has 26 heavy (non-hydrogen) atoms. The summed E-state index contributed by atoms with van der Waals surface area (Å²) in [6, 6.07) is 9.50. The van der Waals surface area contributed by atoms with E-state index in [2.05, 4.69) is 12.1 Å². The van der Waals surface area contributed by atoms with Crippen molar-refractivity contribution in [3.8, 4) is 0 Å². The van der Waals surface area contributed by atoms with Gasteiger partial charge in [-0.2, -0.15) is 4.31 Å². The first-order chi connectivity index (χ1) is 12.3. The number of rotatable bonds is 6. The van der Waals surface area contributed by atoms with Gasteiger partial charge in [0.1, 0.15) is 10.6 Å². The van der Waals surface area contributed by atoms with Crippen molar-refractivity contribution < 1.29 is 13.2 Å². The molecule has 2 aromatic rings. The standard InChI is InChI=1S/C19H25N3O3S/c1-3-10-22(16-9-8-14-6-4-5-7-15(14)11-16)26(24,25)17-12-18(19(20)23)21(2)13-17/h4-7,12-13,16H,3,8-11H2,1-2H3,(H2,20,23)/t16-/m1/s1. The highest BCUT2D eigenvalue weighted by Crippen LogP contribution is 2.29. The van der Waals surface area contributed by atoms with Crippen molar-refractivity contribution in [1.82, 2.24) is 8.87 Å². The molecule has 2 N–H and O–H groups in total. The maximum absolute atomic E-state index is 13.3. The van der Waals surface area contributed by atoms with E-state index in [0.29, 0.717) is 13.0 Å². The number of aromatic nitrogens is 1. The quantitative estimate of drug-likeness (QED) is 0.839. The van der Waals surface area contributed by atoms with Gasteiger partial charge < -0.3 is 10.3 Å². The smallest absolute Gasteiger partial charge is 0.265 e. The molecular weight excluding hydrogens is 350 g/mol. The lowest BCUT2D eigenvalue weighted by atomic mass is 9.88. The largest absolute Gasteiger partial charge is 0.364 e. The van der Waals surface area contributed by atoms with E-state index in [1.807, 2.05) is 19.1 Å². The van der Waals surface area contributed by atoms with Crippen LogP contribution in [-0.4, -0.2) is 35.8 Å². The van der Waals surface area contributed by atoms with E-state index in [0.717, 1.165) is 19.3 Å². The summed E-state index contributed by atoms with van der Waals surface area (Å²) >= 11 is 0. The van der Waals surface area contributed by atoms with E-state index in [1.165, 1.54) is 28.0 Å². The first-order valence-corrected chi connectivity index (χ1v) is 10.3. The summed E-state index contributed by atoms with van der Waals surface area (Å²) in [4.78, 5) is 11.6. The fourth-order valence-electron chi connectivity index (χ4n) is 3.70. The lowest BCUT2D eigenvalue weighted by Crippen LogP contribution is -2.43. The third-order valence-electron chi connectivity index (χ3n) is 5.01. The highest BCUT2D eigenvalue weighted by atomic mass is 32.2. The van der Waals surface area contributed by atoms with Crippen molar-refractivity contribution in [2.24, 2.45) is 12.8 Å². The van der Waals surface area contributed by atoms with Gasteiger partial charge in [0.15, 0.2) is 0 Å². The van der Waals surface area contributed by atoms with Gasteiger partial charge in [0.25, 0.3) is 5.91 Å². The van der Waals surface area contributed by atoms with Gasteiger partial charge in [-0.15, -0.1) is 0 Å². The fraction of sp³-hybridized carbons (Fsp3) is 0.421. The number of hydrogen-bond donors (Lipinski definition) is 1. The topological polar surface area (TPSA) is 85.4 Å². The average molecular weight is 375 g/mol. The van der Waals surface area contributed by atoms with Crippen molar-refractivity contribution in [3.05, 3.63) is 53.3 Å². The maximum atomic E-state index is 13.3. The van der Waals surface area contributed by atoms with E-state index in [1.54, 1.807) is 11.4 Å². The fourth-order valence-corrected chi connectivity index (χ4v) is 5.52. The molecule has 1 atom stereocenters. The number of amides is 1. The number of nitrogens with zero attached hydrogens (tertiary/aromatic N) is 2. The van der Waals surface area contributed by atoms with Crippen LogP contribution < -0.4 is 5.73 Å². The molecule has 0 saturated heterocycles. The molecule has 1 aliphatic rings. The van der Waals surface area contributed by atoms with Crippen molar-refractivity contribution in [2.45, 2.75) is 43.5 Å². The van der Waals surface area contributed by atoms with Gasteiger partial charge in [-0.05, 0) is 42.9 Å². The predicted molar refractivity (Wildman–Crippen MR) is 100 cm³/mol. The molecule has 0 spiro atoms. The molecule has 1 aromatic heterocycles. The Kier molecular flexibility index (Phi) is 5.20. The van der Waals surface area contributed by atoms with Gasteiger partial charge in [-0.3, -0.25) is 4.79 Å². The summed E-state index contributed by atoms with van der Waals surface area (Å²) in [7, 11) is -2.07. The third-order valence-corrected chi connectivity index (χ3v) is 6.93. The molecule has 0 saturated carbocycles. The van der Waals surface area contributed by atoms with Crippen LogP contribution in [0.15, 0.2) is 41.4 Å². The maximum Gasteiger partial charge on any atom is 0.265 e. The van der Waals surface area contributed by atoms with E-state index in [4.69, 9.17) is 5.73 Å². The Labute approximate surface area is 154 Å². The predicted octanol–water partition coefficient (Wildman–Crippen LogP) is 2.08. The van der Waals surface area contributed by atoms with Gasteiger partial charge in [0.05, 0.1) is 0 Å². The van der Waals surface area contributed by atoms with Gasteiger partial charge in [0, 0.05) is 25.8 Å². The van der Waals surface area contributed by atoms with Gasteiger partial charge >= 0.3 is 0 Å². The van der Waals surface area contributed by atoms with Crippen LogP contribution in [-0.2, 0) is 29.9 Å². The number of hydrogen-bond acceptors (Lipinski definition) is 3. The number of primary amides is 1. The zero-order chi connectivity index (χ0) is 18.9. The molecule has 1 aliphatic carbocycles. The summed E-state index contributed by atoms with van der Waals surface area (Å²) in [6.07, 6.45) is 4.58. The van der Waals surface area contributed by atoms with Crippen LogP contribution in [0.4, 0.5) is 0 Å². The second kappa shape index (κ2) is 7.25. The van der Waals surface area contributed by atoms with E-state index in [9.17, 15) is 13.2 Å². The van der Waals surface area contributed by atoms with Crippen LogP contribution in [0.25, 0.3) is 0 Å². The van der Waals surface area contributed by atoms with Crippen LogP contribution in [0.5, 0.6) is 0 Å². The monoisotopic (exact) mass is 375 g/mol. The molecule has 1 amide bonds. The summed E-state index contributed by atoms with van der Waals surface area (Å²) in [5, 5.41) is 0. The zero-order valence-corrected chi connectivity index (χ0v) is 16.0. The summed E-state index contributed by atoms with van der Waals surface area (Å²) in [6.45, 7) is 2.43. The molecule has 1 aromatic carbocycles. The van der Waals surface area contributed by atoms with E-state index >= 15 is 0 Å². The Morgan fingerprint density at radius 2 is 2.00 bits per heavy atom. The SMILES string of the molecule is CCCN([C@@H]1CCc2ccccc2C1)S(=O)(=O)c1cc(C(N)=O)n(C)c1. The number of fused-ring (bicyclic) bond motifs is 1. The second-order valence-electron chi connectivity index (χ2n) is 6.82. The van der Waals surface area contributed by atoms with Gasteiger partial charge in [0.2, 0.25) is 10.0 Å². The number of nitrogens with two attached hydrogens (primary N) is 1. The Hall–Kier alpha value is -2.12. The van der Waals surface area contributed by atoms with Crippen LogP contribution in [0.1, 0.15) is 41.4 Å². The molecule has 0 fully saturated rings. The molecule has 0 aliphatic heterocycles. The van der Waals surface area contributed by atoms with E-state index < -0.39 is 15.9 Å². The number of carbonyl (C=O) groups is 1. The normalized spacial score (nSPS) is 17.3. The number of aryl methyl sites for hydroxylation is 2.